The topological polar surface area (TPSA) is 33.7 Å². The van der Waals surface area contributed by atoms with Gasteiger partial charge in [-0.3, -0.25) is 4.90 Å². The normalized spacial score (nSPS) is 22.8. The molecule has 4 nitrogen and oxygen atoms in total. The van der Waals surface area contributed by atoms with Crippen LogP contribution in [-0.4, -0.2) is 62.5 Å². The number of nitrogens with one attached hydrogen (secondary N) is 1. The van der Waals surface area contributed by atoms with Crippen LogP contribution in [0.5, 0.6) is 0 Å². The first-order valence-electron chi connectivity index (χ1n) is 7.23. The smallest absolute Gasteiger partial charge is 0.0593 e. The van der Waals surface area contributed by atoms with E-state index in [2.05, 4.69) is 24.1 Å². The van der Waals surface area contributed by atoms with Crippen LogP contribution in [-0.2, 0) is 9.47 Å². The Bertz CT molecular complexity index is 212. The van der Waals surface area contributed by atoms with Crippen molar-refractivity contribution in [1.29, 1.82) is 0 Å². The highest BCUT2D eigenvalue weighted by Gasteiger charge is 2.33. The summed E-state index contributed by atoms with van der Waals surface area (Å²) in [6.45, 7) is 15.0. The molecule has 0 aromatic carbocycles. The van der Waals surface area contributed by atoms with Crippen LogP contribution in [0, 0.1) is 0 Å². The van der Waals surface area contributed by atoms with Gasteiger partial charge in [-0.1, -0.05) is 0 Å². The Hall–Kier alpha value is -0.160. The third-order valence-corrected chi connectivity index (χ3v) is 3.53. The van der Waals surface area contributed by atoms with Crippen molar-refractivity contribution in [2.75, 3.05) is 46.1 Å². The van der Waals surface area contributed by atoms with Gasteiger partial charge in [-0.25, -0.2) is 0 Å². The molecule has 0 amide bonds. The van der Waals surface area contributed by atoms with Gasteiger partial charge in [0.05, 0.1) is 13.2 Å². The first kappa shape index (κ1) is 15.9. The molecule has 4 heteroatoms. The molecule has 1 atom stereocenters. The second-order valence-electron chi connectivity index (χ2n) is 5.55. The monoisotopic (exact) mass is 258 g/mol. The van der Waals surface area contributed by atoms with E-state index >= 15 is 0 Å². The van der Waals surface area contributed by atoms with Gasteiger partial charge in [0.1, 0.15) is 0 Å². The molecule has 0 aromatic rings. The Kier molecular flexibility index (Phi) is 7.15. The van der Waals surface area contributed by atoms with Crippen molar-refractivity contribution < 1.29 is 9.47 Å². The predicted molar refractivity (Wildman–Crippen MR) is 75.0 cm³/mol. The molecule has 0 spiro atoms. The second-order valence-corrected chi connectivity index (χ2v) is 5.55. The molecule has 1 saturated heterocycles. The first-order valence-corrected chi connectivity index (χ1v) is 7.23. The van der Waals surface area contributed by atoms with Crippen LogP contribution in [0.1, 0.15) is 34.1 Å². The van der Waals surface area contributed by atoms with Gasteiger partial charge in [0.15, 0.2) is 0 Å². The van der Waals surface area contributed by atoms with Gasteiger partial charge in [-0.05, 0) is 34.1 Å². The highest BCUT2D eigenvalue weighted by atomic mass is 16.5. The number of hydrogen-bond donors (Lipinski definition) is 1. The summed E-state index contributed by atoms with van der Waals surface area (Å²) in [6, 6.07) is 0.612. The van der Waals surface area contributed by atoms with E-state index in [-0.39, 0.29) is 5.54 Å². The molecule has 1 N–H and O–H groups in total. The molecular formula is C14H30N2O2. The van der Waals surface area contributed by atoms with Crippen LogP contribution in [0.15, 0.2) is 0 Å². The van der Waals surface area contributed by atoms with Crippen molar-refractivity contribution in [2.45, 2.75) is 45.7 Å². The molecule has 0 aliphatic carbocycles. The van der Waals surface area contributed by atoms with E-state index in [0.717, 1.165) is 46.1 Å². The van der Waals surface area contributed by atoms with Crippen LogP contribution in [0.4, 0.5) is 0 Å². The van der Waals surface area contributed by atoms with Gasteiger partial charge in [0.25, 0.3) is 0 Å². The minimum atomic E-state index is 0.264. The lowest BCUT2D eigenvalue weighted by atomic mass is 10.0. The van der Waals surface area contributed by atoms with Gasteiger partial charge in [0.2, 0.25) is 0 Å². The fourth-order valence-corrected chi connectivity index (χ4v) is 2.51. The summed E-state index contributed by atoms with van der Waals surface area (Å²) < 4.78 is 11.0. The average molecular weight is 258 g/mol. The standard InChI is InChI=1S/C14H30N2O2/c1-5-17-9-7-16(8-10-18-6-2)13-11-14(3,4)15-12-13/h13,15H,5-12H2,1-4H3. The zero-order chi connectivity index (χ0) is 13.4. The van der Waals surface area contributed by atoms with Crippen LogP contribution < -0.4 is 5.32 Å². The molecule has 1 fully saturated rings. The summed E-state index contributed by atoms with van der Waals surface area (Å²) in [7, 11) is 0. The fourth-order valence-electron chi connectivity index (χ4n) is 2.51. The first-order chi connectivity index (χ1) is 8.59. The zero-order valence-electron chi connectivity index (χ0n) is 12.5. The average Bonchev–Trinajstić information content (AvgIpc) is 2.68. The van der Waals surface area contributed by atoms with Gasteiger partial charge < -0.3 is 14.8 Å². The highest BCUT2D eigenvalue weighted by Crippen LogP contribution is 2.21. The lowest BCUT2D eigenvalue weighted by Gasteiger charge is -2.29. The molecule has 0 saturated carbocycles. The number of nitrogens with zero attached hydrogens (tertiary/aromatic N) is 1. The second kappa shape index (κ2) is 8.10. The minimum Gasteiger partial charge on any atom is -0.380 e. The zero-order valence-corrected chi connectivity index (χ0v) is 12.5. The van der Waals surface area contributed by atoms with E-state index in [9.17, 15) is 0 Å². The third kappa shape index (κ3) is 5.65. The maximum atomic E-state index is 5.48. The molecule has 0 radical (unpaired) electrons. The van der Waals surface area contributed by atoms with E-state index in [1.165, 1.54) is 6.42 Å². The lowest BCUT2D eigenvalue weighted by molar-refractivity contribution is 0.0653. The van der Waals surface area contributed by atoms with E-state index < -0.39 is 0 Å². The lowest BCUT2D eigenvalue weighted by Crippen LogP contribution is -2.41. The highest BCUT2D eigenvalue weighted by molar-refractivity contribution is 4.94. The Labute approximate surface area is 112 Å². The van der Waals surface area contributed by atoms with Crippen LogP contribution >= 0.6 is 0 Å². The summed E-state index contributed by atoms with van der Waals surface area (Å²) in [5.74, 6) is 0. The van der Waals surface area contributed by atoms with E-state index in [0.29, 0.717) is 6.04 Å². The third-order valence-electron chi connectivity index (χ3n) is 3.53. The molecule has 0 bridgehead atoms. The van der Waals surface area contributed by atoms with E-state index in [4.69, 9.17) is 9.47 Å². The maximum absolute atomic E-state index is 5.48. The fraction of sp³-hybridized carbons (Fsp3) is 1.00. The summed E-state index contributed by atoms with van der Waals surface area (Å²) in [6.07, 6.45) is 1.20. The van der Waals surface area contributed by atoms with Gasteiger partial charge in [0, 0.05) is 44.4 Å². The van der Waals surface area contributed by atoms with Gasteiger partial charge >= 0.3 is 0 Å². The van der Waals surface area contributed by atoms with Crippen LogP contribution in [0.25, 0.3) is 0 Å². The minimum absolute atomic E-state index is 0.264. The van der Waals surface area contributed by atoms with Crippen molar-refractivity contribution in [3.05, 3.63) is 0 Å². The van der Waals surface area contributed by atoms with Crippen molar-refractivity contribution >= 4 is 0 Å². The summed E-state index contributed by atoms with van der Waals surface area (Å²) in [4.78, 5) is 2.51. The molecule has 1 rings (SSSR count). The van der Waals surface area contributed by atoms with E-state index in [1.807, 2.05) is 13.8 Å². The summed E-state index contributed by atoms with van der Waals surface area (Å²) >= 11 is 0. The Morgan fingerprint density at radius 1 is 1.11 bits per heavy atom. The Morgan fingerprint density at radius 2 is 1.67 bits per heavy atom. The number of ether oxygens (including phenoxy) is 2. The number of hydrogen-bond acceptors (Lipinski definition) is 4. The quantitative estimate of drug-likeness (QED) is 0.636. The van der Waals surface area contributed by atoms with Crippen LogP contribution in [0.3, 0.4) is 0 Å². The van der Waals surface area contributed by atoms with Crippen molar-refractivity contribution in [3.8, 4) is 0 Å². The molecule has 0 aromatic heterocycles. The maximum Gasteiger partial charge on any atom is 0.0593 e. The number of rotatable bonds is 9. The van der Waals surface area contributed by atoms with E-state index in [1.54, 1.807) is 0 Å². The Morgan fingerprint density at radius 3 is 2.06 bits per heavy atom. The molecule has 1 heterocycles. The molecule has 1 unspecified atom stereocenters. The molecule has 1 aliphatic heterocycles. The van der Waals surface area contributed by atoms with Gasteiger partial charge in [-0.2, -0.15) is 0 Å². The molecule has 108 valence electrons. The molecular weight excluding hydrogens is 228 g/mol. The van der Waals surface area contributed by atoms with Crippen molar-refractivity contribution in [3.63, 3.8) is 0 Å². The van der Waals surface area contributed by atoms with Crippen molar-refractivity contribution in [2.24, 2.45) is 0 Å². The summed E-state index contributed by atoms with van der Waals surface area (Å²) in [5, 5.41) is 3.58. The summed E-state index contributed by atoms with van der Waals surface area (Å²) in [5.41, 5.74) is 0.264. The van der Waals surface area contributed by atoms with Crippen LogP contribution in [0.2, 0.25) is 0 Å². The molecule has 18 heavy (non-hydrogen) atoms. The van der Waals surface area contributed by atoms with Crippen molar-refractivity contribution in [1.82, 2.24) is 10.2 Å². The molecule has 1 aliphatic rings. The largest absolute Gasteiger partial charge is 0.380 e. The SMILES string of the molecule is CCOCCN(CCOCC)C1CNC(C)(C)C1. The van der Waals surface area contributed by atoms with Gasteiger partial charge in [-0.15, -0.1) is 0 Å². The predicted octanol–water partition coefficient (Wildman–Crippen LogP) is 1.50. The Balaban J connectivity index is 2.38.